The number of aromatic nitrogens is 3. The van der Waals surface area contributed by atoms with Crippen molar-refractivity contribution in [2.45, 2.75) is 39.8 Å². The van der Waals surface area contributed by atoms with Gasteiger partial charge in [-0.15, -0.1) is 0 Å². The summed E-state index contributed by atoms with van der Waals surface area (Å²) >= 11 is 0. The first-order valence-electron chi connectivity index (χ1n) is 9.01. The highest BCUT2D eigenvalue weighted by atomic mass is 16.5. The number of pyridine rings is 1. The molecule has 0 aliphatic carbocycles. The zero-order valence-electron chi connectivity index (χ0n) is 17.0. The molecular weight excluding hydrogens is 344 g/mol. The second-order valence-corrected chi connectivity index (χ2v) is 6.77. The lowest BCUT2D eigenvalue weighted by molar-refractivity contribution is 0.0616. The Kier molecular flexibility index (Phi) is 6.79. The Bertz CT molecular complexity index is 797. The van der Waals surface area contributed by atoms with Crippen molar-refractivity contribution >= 4 is 5.96 Å². The molecule has 8 heteroatoms. The lowest BCUT2D eigenvalue weighted by atomic mass is 10.00. The third kappa shape index (κ3) is 5.19. The van der Waals surface area contributed by atoms with Gasteiger partial charge in [-0.25, -0.2) is 4.99 Å². The van der Waals surface area contributed by atoms with Gasteiger partial charge in [0.15, 0.2) is 5.96 Å². The fraction of sp³-hybridized carbons (Fsp3) is 0.526. The first kappa shape index (κ1) is 20.7. The van der Waals surface area contributed by atoms with E-state index in [1.54, 1.807) is 37.3 Å². The summed E-state index contributed by atoms with van der Waals surface area (Å²) in [5.41, 5.74) is 2.52. The highest BCUT2D eigenvalue weighted by molar-refractivity contribution is 5.79. The Balaban J connectivity index is 2.10. The number of rotatable bonds is 7. The van der Waals surface area contributed by atoms with Gasteiger partial charge in [-0.1, -0.05) is 0 Å². The summed E-state index contributed by atoms with van der Waals surface area (Å²) in [4.78, 5) is 9.07. The average Bonchev–Trinajstić information content (AvgIpc) is 3.06. The topological polar surface area (TPSA) is 96.6 Å². The average molecular weight is 374 g/mol. The quantitative estimate of drug-likeness (QED) is 0.501. The third-order valence-electron chi connectivity index (χ3n) is 4.41. The molecular formula is C19H30N6O2. The van der Waals surface area contributed by atoms with E-state index in [0.29, 0.717) is 25.6 Å². The van der Waals surface area contributed by atoms with Crippen LogP contribution >= 0.6 is 0 Å². The van der Waals surface area contributed by atoms with E-state index >= 15 is 0 Å². The monoisotopic (exact) mass is 374 g/mol. The van der Waals surface area contributed by atoms with Gasteiger partial charge >= 0.3 is 0 Å². The largest absolute Gasteiger partial charge is 0.496 e. The van der Waals surface area contributed by atoms with E-state index in [1.165, 1.54) is 0 Å². The molecule has 27 heavy (non-hydrogen) atoms. The second kappa shape index (κ2) is 8.85. The summed E-state index contributed by atoms with van der Waals surface area (Å²) < 4.78 is 7.12. The van der Waals surface area contributed by atoms with Crippen LogP contribution in [0.4, 0.5) is 0 Å². The van der Waals surface area contributed by atoms with Crippen LogP contribution in [0, 0.1) is 13.8 Å². The number of aryl methyl sites for hydroxylation is 2. The Labute approximate surface area is 160 Å². The van der Waals surface area contributed by atoms with Gasteiger partial charge in [0.1, 0.15) is 11.4 Å². The Hall–Kier alpha value is -2.61. The lowest BCUT2D eigenvalue weighted by Crippen LogP contribution is -2.44. The number of ether oxygens (including phenoxy) is 1. The molecule has 2 heterocycles. The van der Waals surface area contributed by atoms with Crippen molar-refractivity contribution in [1.29, 1.82) is 0 Å². The molecule has 2 aromatic rings. The summed E-state index contributed by atoms with van der Waals surface area (Å²) in [6.45, 7) is 9.12. The molecule has 2 rings (SSSR count). The highest BCUT2D eigenvalue weighted by Gasteiger charge is 2.25. The number of guanidine groups is 1. The van der Waals surface area contributed by atoms with Crippen LogP contribution in [-0.4, -0.2) is 46.0 Å². The van der Waals surface area contributed by atoms with Gasteiger partial charge < -0.3 is 20.5 Å². The first-order chi connectivity index (χ1) is 12.8. The summed E-state index contributed by atoms with van der Waals surface area (Å²) in [5.74, 6) is 1.45. The normalized spacial score (nSPS) is 14.0. The van der Waals surface area contributed by atoms with E-state index in [1.807, 2.05) is 27.8 Å². The maximum Gasteiger partial charge on any atom is 0.191 e. The van der Waals surface area contributed by atoms with Crippen LogP contribution in [0.15, 0.2) is 23.6 Å². The van der Waals surface area contributed by atoms with Crippen molar-refractivity contribution in [3.63, 3.8) is 0 Å². The van der Waals surface area contributed by atoms with E-state index in [2.05, 4.69) is 25.7 Å². The molecule has 1 unspecified atom stereocenters. The van der Waals surface area contributed by atoms with E-state index < -0.39 is 5.60 Å². The maximum absolute atomic E-state index is 10.7. The number of aliphatic hydroxyl groups is 1. The van der Waals surface area contributed by atoms with Gasteiger partial charge in [-0.2, -0.15) is 5.10 Å². The van der Waals surface area contributed by atoms with Crippen molar-refractivity contribution in [3.05, 3.63) is 41.0 Å². The number of hydrogen-bond donors (Lipinski definition) is 3. The minimum absolute atomic E-state index is 0.300. The fourth-order valence-electron chi connectivity index (χ4n) is 2.78. The van der Waals surface area contributed by atoms with Gasteiger partial charge in [-0.3, -0.25) is 9.67 Å². The maximum atomic E-state index is 10.7. The Morgan fingerprint density at radius 3 is 2.67 bits per heavy atom. The fourth-order valence-corrected chi connectivity index (χ4v) is 2.78. The van der Waals surface area contributed by atoms with Crippen LogP contribution in [0.1, 0.15) is 36.2 Å². The van der Waals surface area contributed by atoms with E-state index in [0.717, 1.165) is 28.1 Å². The minimum Gasteiger partial charge on any atom is -0.496 e. The summed E-state index contributed by atoms with van der Waals surface area (Å²) in [7, 11) is 3.48. The van der Waals surface area contributed by atoms with Gasteiger partial charge in [0.2, 0.25) is 0 Å². The Morgan fingerprint density at radius 1 is 1.33 bits per heavy atom. The second-order valence-electron chi connectivity index (χ2n) is 6.77. The summed E-state index contributed by atoms with van der Waals surface area (Å²) in [6.07, 6.45) is 5.26. The molecule has 0 saturated carbocycles. The summed E-state index contributed by atoms with van der Waals surface area (Å²) in [6, 6.07) is 0. The molecule has 148 valence electrons. The predicted molar refractivity (Wildman–Crippen MR) is 106 cm³/mol. The Morgan fingerprint density at radius 2 is 2.07 bits per heavy atom. The molecule has 1 atom stereocenters. The molecule has 0 fully saturated rings. The summed E-state index contributed by atoms with van der Waals surface area (Å²) in [5, 5.41) is 21.2. The van der Waals surface area contributed by atoms with Crippen LogP contribution in [-0.2, 0) is 19.2 Å². The number of hydrogen-bond acceptors (Lipinski definition) is 5. The standard InChI is InChI=1S/C19H30N6O2/c1-7-20-18(23-12-19(4,26)15-9-24-25(5)11-15)22-10-16-14(3)17(27-6)13(2)8-21-16/h8-9,11,26H,7,10,12H2,1-6H3,(H2,20,22,23). The van der Waals surface area contributed by atoms with Crippen LogP contribution < -0.4 is 15.4 Å². The number of methoxy groups -OCH3 is 1. The zero-order chi connectivity index (χ0) is 20.0. The molecule has 0 spiro atoms. The SMILES string of the molecule is CCNC(=NCc1ncc(C)c(OC)c1C)NCC(C)(O)c1cnn(C)c1. The zero-order valence-corrected chi connectivity index (χ0v) is 17.0. The van der Waals surface area contributed by atoms with Gasteiger partial charge in [0.25, 0.3) is 0 Å². The van der Waals surface area contributed by atoms with Crippen LogP contribution in [0.3, 0.4) is 0 Å². The van der Waals surface area contributed by atoms with Crippen molar-refractivity contribution in [2.24, 2.45) is 12.0 Å². The lowest BCUT2D eigenvalue weighted by Gasteiger charge is -2.23. The minimum atomic E-state index is -1.06. The molecule has 0 aromatic carbocycles. The first-order valence-corrected chi connectivity index (χ1v) is 9.01. The highest BCUT2D eigenvalue weighted by Crippen LogP contribution is 2.24. The molecule has 0 amide bonds. The van der Waals surface area contributed by atoms with Crippen molar-refractivity contribution in [3.8, 4) is 5.75 Å². The third-order valence-corrected chi connectivity index (χ3v) is 4.41. The van der Waals surface area contributed by atoms with E-state index in [4.69, 9.17) is 4.74 Å². The van der Waals surface area contributed by atoms with Gasteiger partial charge in [0.05, 0.1) is 32.1 Å². The number of nitrogens with zero attached hydrogens (tertiary/aromatic N) is 4. The molecule has 2 aromatic heterocycles. The van der Waals surface area contributed by atoms with Crippen molar-refractivity contribution in [2.75, 3.05) is 20.2 Å². The number of nitrogens with one attached hydrogen (secondary N) is 2. The van der Waals surface area contributed by atoms with Crippen LogP contribution in [0.25, 0.3) is 0 Å². The van der Waals surface area contributed by atoms with Gasteiger partial charge in [0, 0.05) is 42.7 Å². The molecule has 0 bridgehead atoms. The molecule has 0 aliphatic rings. The van der Waals surface area contributed by atoms with E-state index in [-0.39, 0.29) is 0 Å². The van der Waals surface area contributed by atoms with Crippen molar-refractivity contribution in [1.82, 2.24) is 25.4 Å². The molecule has 0 aliphatic heterocycles. The van der Waals surface area contributed by atoms with E-state index in [9.17, 15) is 5.11 Å². The van der Waals surface area contributed by atoms with Crippen LogP contribution in [0.2, 0.25) is 0 Å². The van der Waals surface area contributed by atoms with Gasteiger partial charge in [-0.05, 0) is 27.7 Å². The van der Waals surface area contributed by atoms with Crippen molar-refractivity contribution < 1.29 is 9.84 Å². The van der Waals surface area contributed by atoms with Crippen LogP contribution in [0.5, 0.6) is 5.75 Å². The smallest absolute Gasteiger partial charge is 0.191 e. The molecule has 0 saturated heterocycles. The number of aliphatic imine (C=N–C) groups is 1. The predicted octanol–water partition coefficient (Wildman–Crippen LogP) is 1.40. The molecule has 3 N–H and O–H groups in total. The molecule has 8 nitrogen and oxygen atoms in total. The molecule has 0 radical (unpaired) electrons.